The SMILES string of the molecule is O=C(Nc1cnccn1)[C@@H]1C[C@H](O)CN1c1nc(Nc2cc(C3CC3)n[nH]2)nc(N2CC[S+]([O-])CC2)n1. The molecule has 4 N–H and O–H groups in total. The molecule has 3 aromatic heterocycles. The fourth-order valence-corrected chi connectivity index (χ4v) is 5.54. The Morgan fingerprint density at radius 2 is 1.97 bits per heavy atom. The number of hydrogen-bond acceptors (Lipinski definition) is 12. The highest BCUT2D eigenvalue weighted by Gasteiger charge is 2.39. The zero-order chi connectivity index (χ0) is 25.4. The van der Waals surface area contributed by atoms with E-state index in [0.29, 0.717) is 48.1 Å². The van der Waals surface area contributed by atoms with Gasteiger partial charge in [0.2, 0.25) is 23.8 Å². The first kappa shape index (κ1) is 23.8. The van der Waals surface area contributed by atoms with Crippen molar-refractivity contribution in [3.63, 3.8) is 0 Å². The lowest BCUT2D eigenvalue weighted by Gasteiger charge is -2.29. The van der Waals surface area contributed by atoms with Gasteiger partial charge in [-0.3, -0.25) is 14.9 Å². The van der Waals surface area contributed by atoms with Crippen molar-refractivity contribution in [2.75, 3.05) is 51.6 Å². The fourth-order valence-electron chi connectivity index (χ4n) is 4.48. The van der Waals surface area contributed by atoms with Gasteiger partial charge in [0, 0.05) is 37.3 Å². The number of β-amino-alcohol motifs (C(OH)–C–C–N with tert-alkyl or cyclic N) is 1. The van der Waals surface area contributed by atoms with Crippen molar-refractivity contribution in [2.45, 2.75) is 37.3 Å². The summed E-state index contributed by atoms with van der Waals surface area (Å²) in [5.41, 5.74) is 0.999. The predicted octanol–water partition coefficient (Wildman–Crippen LogP) is 0.153. The van der Waals surface area contributed by atoms with Crippen LogP contribution >= 0.6 is 0 Å². The number of rotatable bonds is 7. The van der Waals surface area contributed by atoms with Crippen LogP contribution in [0.25, 0.3) is 0 Å². The number of nitrogens with zero attached hydrogens (tertiary/aromatic N) is 8. The van der Waals surface area contributed by atoms with Crippen LogP contribution in [0.15, 0.2) is 24.7 Å². The summed E-state index contributed by atoms with van der Waals surface area (Å²) in [4.78, 5) is 38.7. The number of anilines is 5. The van der Waals surface area contributed by atoms with Gasteiger partial charge in [-0.15, -0.1) is 0 Å². The van der Waals surface area contributed by atoms with E-state index in [2.05, 4.69) is 45.8 Å². The van der Waals surface area contributed by atoms with Gasteiger partial charge in [-0.2, -0.15) is 20.1 Å². The molecule has 37 heavy (non-hydrogen) atoms. The number of aromatic amines is 1. The minimum absolute atomic E-state index is 0.182. The fraction of sp³-hybridized carbons (Fsp3) is 0.500. The third-order valence-electron chi connectivity index (χ3n) is 6.57. The maximum absolute atomic E-state index is 13.1. The van der Waals surface area contributed by atoms with Gasteiger partial charge in [0.05, 0.1) is 31.1 Å². The number of carbonyl (C=O) groups is 1. The zero-order valence-corrected chi connectivity index (χ0v) is 20.8. The van der Waals surface area contributed by atoms with Gasteiger partial charge in [-0.1, -0.05) is 11.2 Å². The molecule has 5 heterocycles. The largest absolute Gasteiger partial charge is 0.616 e. The molecule has 0 aromatic carbocycles. The molecule has 2 atom stereocenters. The van der Waals surface area contributed by atoms with E-state index in [1.165, 1.54) is 18.6 Å². The molecule has 0 unspecified atom stereocenters. The van der Waals surface area contributed by atoms with E-state index in [1.54, 1.807) is 4.90 Å². The molecule has 3 fully saturated rings. The first-order chi connectivity index (χ1) is 18.0. The number of aliphatic hydroxyl groups excluding tert-OH is 1. The number of amides is 1. The third kappa shape index (κ3) is 5.42. The quantitative estimate of drug-likeness (QED) is 0.307. The standard InChI is InChI=1S/C22H27N11O3S/c34-14-9-16(19(35)25-18-11-23-3-4-24-18)33(12-14)22-28-20(26-17-10-15(30-31-17)13-1-2-13)27-21(29-22)32-5-7-37(36)8-6-32/h3-4,10-11,13-14,16,34H,1-2,5-9,12H2,(H,24,25,35)(H2,26,27,28,29,30,31)/t14-,16-/m0/s1. The van der Waals surface area contributed by atoms with Crippen molar-refractivity contribution >= 4 is 46.6 Å². The van der Waals surface area contributed by atoms with Crippen LogP contribution in [0.1, 0.15) is 30.9 Å². The van der Waals surface area contributed by atoms with E-state index >= 15 is 0 Å². The van der Waals surface area contributed by atoms with Crippen LogP contribution in [-0.4, -0.2) is 94.0 Å². The average Bonchev–Trinajstić information content (AvgIpc) is 3.52. The molecule has 1 amide bonds. The van der Waals surface area contributed by atoms with E-state index in [4.69, 9.17) is 0 Å². The minimum atomic E-state index is -0.860. The summed E-state index contributed by atoms with van der Waals surface area (Å²) >= 11 is -0.860. The molecule has 3 aliphatic rings. The maximum atomic E-state index is 13.1. The van der Waals surface area contributed by atoms with Gasteiger partial charge in [-0.25, -0.2) is 4.98 Å². The highest BCUT2D eigenvalue weighted by Crippen LogP contribution is 2.39. The Morgan fingerprint density at radius 3 is 2.73 bits per heavy atom. The molecule has 14 nitrogen and oxygen atoms in total. The molecular formula is C22H27N11O3S. The summed E-state index contributed by atoms with van der Waals surface area (Å²) in [6, 6.07) is 1.23. The van der Waals surface area contributed by atoms with Crippen molar-refractivity contribution < 1.29 is 14.5 Å². The molecule has 3 aromatic rings. The van der Waals surface area contributed by atoms with Crippen LogP contribution in [0.5, 0.6) is 0 Å². The molecule has 0 bridgehead atoms. The molecule has 194 valence electrons. The van der Waals surface area contributed by atoms with Gasteiger partial charge in [0.25, 0.3) is 0 Å². The second kappa shape index (κ2) is 10.1. The lowest BCUT2D eigenvalue weighted by molar-refractivity contribution is -0.117. The van der Waals surface area contributed by atoms with Crippen molar-refractivity contribution in [1.82, 2.24) is 35.1 Å². The molecule has 1 aliphatic carbocycles. The summed E-state index contributed by atoms with van der Waals surface area (Å²) in [6.45, 7) is 1.27. The zero-order valence-electron chi connectivity index (χ0n) is 19.9. The summed E-state index contributed by atoms with van der Waals surface area (Å²) < 4.78 is 11.9. The summed E-state index contributed by atoms with van der Waals surface area (Å²) in [5.74, 6) is 3.14. The van der Waals surface area contributed by atoms with Gasteiger partial charge < -0.3 is 30.1 Å². The van der Waals surface area contributed by atoms with E-state index in [1.807, 2.05) is 11.0 Å². The number of hydrogen-bond donors (Lipinski definition) is 4. The molecule has 6 rings (SSSR count). The monoisotopic (exact) mass is 525 g/mol. The van der Waals surface area contributed by atoms with Crippen molar-refractivity contribution in [3.05, 3.63) is 30.4 Å². The van der Waals surface area contributed by atoms with Crippen LogP contribution in [0, 0.1) is 0 Å². The molecule has 2 saturated heterocycles. The van der Waals surface area contributed by atoms with Gasteiger partial charge in [0.1, 0.15) is 23.4 Å². The molecule has 0 spiro atoms. The van der Waals surface area contributed by atoms with Crippen LogP contribution in [0.3, 0.4) is 0 Å². The second-order valence-corrected chi connectivity index (χ2v) is 11.0. The Labute approximate surface area is 215 Å². The third-order valence-corrected chi connectivity index (χ3v) is 7.84. The topological polar surface area (TPSA) is 184 Å². The first-order valence-electron chi connectivity index (χ1n) is 12.2. The minimum Gasteiger partial charge on any atom is -0.616 e. The summed E-state index contributed by atoms with van der Waals surface area (Å²) in [5, 5.41) is 23.7. The molecule has 1 saturated carbocycles. The number of aliphatic hydroxyl groups is 1. The smallest absolute Gasteiger partial charge is 0.248 e. The van der Waals surface area contributed by atoms with Crippen molar-refractivity contribution in [2.24, 2.45) is 0 Å². The predicted molar refractivity (Wildman–Crippen MR) is 136 cm³/mol. The Hall–Kier alpha value is -3.56. The highest BCUT2D eigenvalue weighted by atomic mass is 32.2. The number of aromatic nitrogens is 7. The van der Waals surface area contributed by atoms with E-state index in [9.17, 15) is 14.5 Å². The molecule has 0 radical (unpaired) electrons. The second-order valence-electron chi connectivity index (χ2n) is 9.34. The summed E-state index contributed by atoms with van der Waals surface area (Å²) in [7, 11) is 0. The van der Waals surface area contributed by atoms with Gasteiger partial charge >= 0.3 is 0 Å². The maximum Gasteiger partial charge on any atom is 0.248 e. The van der Waals surface area contributed by atoms with E-state index < -0.39 is 23.3 Å². The number of carbonyl (C=O) groups excluding carboxylic acids is 1. The van der Waals surface area contributed by atoms with Gasteiger partial charge in [0.15, 0.2) is 5.82 Å². The number of H-pyrrole nitrogens is 1. The van der Waals surface area contributed by atoms with Crippen LogP contribution in [0.2, 0.25) is 0 Å². The lowest BCUT2D eigenvalue weighted by atomic mass is 10.2. The van der Waals surface area contributed by atoms with E-state index in [-0.39, 0.29) is 30.8 Å². The highest BCUT2D eigenvalue weighted by molar-refractivity contribution is 7.91. The lowest BCUT2D eigenvalue weighted by Crippen LogP contribution is -2.43. The van der Waals surface area contributed by atoms with Crippen LogP contribution < -0.4 is 20.4 Å². The Bertz CT molecular complexity index is 1250. The Balaban J connectivity index is 1.29. The molecule has 2 aliphatic heterocycles. The van der Waals surface area contributed by atoms with Crippen molar-refractivity contribution in [1.29, 1.82) is 0 Å². The average molecular weight is 526 g/mol. The van der Waals surface area contributed by atoms with Crippen LogP contribution in [0.4, 0.5) is 29.5 Å². The first-order valence-corrected chi connectivity index (χ1v) is 13.7. The van der Waals surface area contributed by atoms with E-state index in [0.717, 1.165) is 18.5 Å². The Morgan fingerprint density at radius 1 is 1.16 bits per heavy atom. The molecule has 15 heteroatoms. The van der Waals surface area contributed by atoms with Gasteiger partial charge in [-0.05, 0) is 12.8 Å². The van der Waals surface area contributed by atoms with Crippen LogP contribution in [-0.2, 0) is 16.0 Å². The molecular weight excluding hydrogens is 498 g/mol. The Kier molecular flexibility index (Phi) is 6.48. The van der Waals surface area contributed by atoms with Crippen molar-refractivity contribution in [3.8, 4) is 0 Å². The number of nitrogens with one attached hydrogen (secondary N) is 3. The summed E-state index contributed by atoms with van der Waals surface area (Å²) in [6.07, 6.45) is 6.21. The normalized spacial score (nSPS) is 22.3.